The van der Waals surface area contributed by atoms with Crippen molar-refractivity contribution in [1.82, 2.24) is 9.78 Å². The van der Waals surface area contributed by atoms with Crippen molar-refractivity contribution in [3.05, 3.63) is 18.0 Å². The van der Waals surface area contributed by atoms with E-state index in [1.165, 1.54) is 12.4 Å². The molecule has 0 unspecified atom stereocenters. The minimum absolute atomic E-state index is 0.250. The highest BCUT2D eigenvalue weighted by atomic mass is 19.3. The average molecular weight is 185 g/mol. The first kappa shape index (κ1) is 9.68. The van der Waals surface area contributed by atoms with Gasteiger partial charge in [-0.15, -0.1) is 0 Å². The molecule has 0 saturated heterocycles. The third kappa shape index (κ3) is 3.22. The van der Waals surface area contributed by atoms with Gasteiger partial charge < -0.3 is 5.73 Å². The van der Waals surface area contributed by atoms with Crippen molar-refractivity contribution in [3.63, 3.8) is 0 Å². The molecule has 13 heavy (non-hydrogen) atoms. The molecule has 0 saturated carbocycles. The number of hydrogen-bond donors (Lipinski definition) is 1. The number of alkyl halides is 2. The minimum Gasteiger partial charge on any atom is -0.320 e. The molecule has 0 aliphatic heterocycles. The predicted octanol–water partition coefficient (Wildman–Crippen LogP) is 0.458. The summed E-state index contributed by atoms with van der Waals surface area (Å²) in [6.07, 6.45) is 0.509. The Morgan fingerprint density at radius 2 is 2.38 bits per heavy atom. The van der Waals surface area contributed by atoms with E-state index < -0.39 is 13.0 Å². The van der Waals surface area contributed by atoms with Gasteiger partial charge in [-0.25, -0.2) is 8.78 Å². The van der Waals surface area contributed by atoms with E-state index in [0.29, 0.717) is 5.56 Å². The van der Waals surface area contributed by atoms with Crippen LogP contribution in [0.5, 0.6) is 0 Å². The molecule has 1 heterocycles. The lowest BCUT2D eigenvalue weighted by Gasteiger charge is -1.96. The van der Waals surface area contributed by atoms with Crippen LogP contribution in [-0.4, -0.2) is 22.8 Å². The molecule has 0 aliphatic rings. The summed E-state index contributed by atoms with van der Waals surface area (Å²) in [5.41, 5.74) is 5.75. The summed E-state index contributed by atoms with van der Waals surface area (Å²) in [7, 11) is 0. The standard InChI is InChI=1S/C8H9F2N3/c9-8(10)6-13-5-7(4-12-13)2-1-3-11/h4-5,8H,3,6,11H2. The lowest BCUT2D eigenvalue weighted by atomic mass is 10.4. The highest BCUT2D eigenvalue weighted by molar-refractivity contribution is 5.29. The fourth-order valence-corrected chi connectivity index (χ4v) is 0.822. The minimum atomic E-state index is -2.39. The van der Waals surface area contributed by atoms with Crippen molar-refractivity contribution in [2.45, 2.75) is 13.0 Å². The van der Waals surface area contributed by atoms with E-state index in [-0.39, 0.29) is 6.54 Å². The van der Waals surface area contributed by atoms with Gasteiger partial charge in [-0.1, -0.05) is 11.8 Å². The Labute approximate surface area is 74.5 Å². The van der Waals surface area contributed by atoms with E-state index in [1.54, 1.807) is 0 Å². The van der Waals surface area contributed by atoms with Crippen molar-refractivity contribution in [3.8, 4) is 11.8 Å². The molecule has 1 rings (SSSR count). The molecule has 0 spiro atoms. The molecule has 0 aromatic carbocycles. The van der Waals surface area contributed by atoms with Gasteiger partial charge in [0.05, 0.1) is 18.3 Å². The summed E-state index contributed by atoms with van der Waals surface area (Å²) < 4.78 is 24.9. The van der Waals surface area contributed by atoms with Gasteiger partial charge in [-0.3, -0.25) is 4.68 Å². The van der Waals surface area contributed by atoms with Gasteiger partial charge in [0.1, 0.15) is 6.54 Å². The van der Waals surface area contributed by atoms with Crippen LogP contribution in [0.25, 0.3) is 0 Å². The Kier molecular flexibility index (Phi) is 3.41. The summed E-state index contributed by atoms with van der Waals surface area (Å²) in [6, 6.07) is 0. The third-order valence-corrected chi connectivity index (χ3v) is 1.29. The highest BCUT2D eigenvalue weighted by Crippen LogP contribution is 2.00. The molecule has 0 aliphatic carbocycles. The van der Waals surface area contributed by atoms with Gasteiger partial charge in [0, 0.05) is 6.20 Å². The number of aromatic nitrogens is 2. The Balaban J connectivity index is 2.63. The maximum Gasteiger partial charge on any atom is 0.257 e. The Morgan fingerprint density at radius 1 is 1.62 bits per heavy atom. The average Bonchev–Trinajstić information content (AvgIpc) is 2.48. The Hall–Kier alpha value is -1.41. The number of nitrogens with zero attached hydrogens (tertiary/aromatic N) is 2. The molecule has 0 fully saturated rings. The van der Waals surface area contributed by atoms with Crippen molar-refractivity contribution < 1.29 is 8.78 Å². The van der Waals surface area contributed by atoms with E-state index in [2.05, 4.69) is 16.9 Å². The van der Waals surface area contributed by atoms with Crippen LogP contribution in [0, 0.1) is 11.8 Å². The van der Waals surface area contributed by atoms with E-state index >= 15 is 0 Å². The highest BCUT2D eigenvalue weighted by Gasteiger charge is 2.04. The summed E-state index contributed by atoms with van der Waals surface area (Å²) in [5.74, 6) is 5.30. The Morgan fingerprint density at radius 3 is 3.00 bits per heavy atom. The molecule has 2 N–H and O–H groups in total. The van der Waals surface area contributed by atoms with E-state index in [9.17, 15) is 8.78 Å². The smallest absolute Gasteiger partial charge is 0.257 e. The zero-order valence-corrected chi connectivity index (χ0v) is 6.87. The lowest BCUT2D eigenvalue weighted by Crippen LogP contribution is -2.06. The van der Waals surface area contributed by atoms with Crippen molar-refractivity contribution >= 4 is 0 Å². The van der Waals surface area contributed by atoms with Gasteiger partial charge in [0.2, 0.25) is 0 Å². The quantitative estimate of drug-likeness (QED) is 0.680. The maximum absolute atomic E-state index is 11.9. The molecule has 0 atom stereocenters. The van der Waals surface area contributed by atoms with Crippen molar-refractivity contribution in [2.75, 3.05) is 6.54 Å². The Bertz CT molecular complexity index is 322. The molecule has 0 radical (unpaired) electrons. The second kappa shape index (κ2) is 4.58. The first-order chi connectivity index (χ1) is 6.22. The van der Waals surface area contributed by atoms with Crippen molar-refractivity contribution in [1.29, 1.82) is 0 Å². The molecule has 1 aromatic heterocycles. The first-order valence-electron chi connectivity index (χ1n) is 3.72. The summed E-state index contributed by atoms with van der Waals surface area (Å²) in [5, 5.41) is 3.70. The molecular formula is C8H9F2N3. The molecule has 1 aromatic rings. The summed E-state index contributed by atoms with van der Waals surface area (Å²) >= 11 is 0. The SMILES string of the molecule is NCC#Cc1cnn(CC(F)F)c1. The van der Waals surface area contributed by atoms with Crippen LogP contribution in [0.4, 0.5) is 8.78 Å². The second-order valence-electron chi connectivity index (χ2n) is 2.35. The fourth-order valence-electron chi connectivity index (χ4n) is 0.822. The van der Waals surface area contributed by atoms with Gasteiger partial charge in [-0.2, -0.15) is 5.10 Å². The zero-order chi connectivity index (χ0) is 9.68. The van der Waals surface area contributed by atoms with Gasteiger partial charge in [0.15, 0.2) is 0 Å². The van der Waals surface area contributed by atoms with Crippen LogP contribution in [0.2, 0.25) is 0 Å². The van der Waals surface area contributed by atoms with Crippen LogP contribution in [-0.2, 0) is 6.54 Å². The maximum atomic E-state index is 11.9. The number of rotatable bonds is 2. The van der Waals surface area contributed by atoms with Gasteiger partial charge in [-0.05, 0) is 0 Å². The van der Waals surface area contributed by atoms with Crippen molar-refractivity contribution in [2.24, 2.45) is 5.73 Å². The number of hydrogen-bond acceptors (Lipinski definition) is 2. The molecule has 70 valence electrons. The van der Waals surface area contributed by atoms with E-state index in [4.69, 9.17) is 5.73 Å². The summed E-state index contributed by atoms with van der Waals surface area (Å²) in [4.78, 5) is 0. The van der Waals surface area contributed by atoms with Crippen LogP contribution < -0.4 is 5.73 Å². The lowest BCUT2D eigenvalue weighted by molar-refractivity contribution is 0.122. The topological polar surface area (TPSA) is 43.8 Å². The molecule has 0 amide bonds. The molecule has 5 heteroatoms. The molecular weight excluding hydrogens is 176 g/mol. The van der Waals surface area contributed by atoms with E-state index in [0.717, 1.165) is 4.68 Å². The molecule has 3 nitrogen and oxygen atoms in total. The van der Waals surface area contributed by atoms with Crippen LogP contribution in [0.15, 0.2) is 12.4 Å². The van der Waals surface area contributed by atoms with Gasteiger partial charge >= 0.3 is 0 Å². The third-order valence-electron chi connectivity index (χ3n) is 1.29. The van der Waals surface area contributed by atoms with E-state index in [1.807, 2.05) is 0 Å². The molecule has 0 bridgehead atoms. The van der Waals surface area contributed by atoms with Crippen LogP contribution in [0.1, 0.15) is 5.56 Å². The van der Waals surface area contributed by atoms with Crippen LogP contribution >= 0.6 is 0 Å². The number of halogens is 2. The largest absolute Gasteiger partial charge is 0.320 e. The zero-order valence-electron chi connectivity index (χ0n) is 6.87. The monoisotopic (exact) mass is 185 g/mol. The first-order valence-corrected chi connectivity index (χ1v) is 3.72. The number of nitrogens with two attached hydrogens (primary N) is 1. The second-order valence-corrected chi connectivity index (χ2v) is 2.35. The van der Waals surface area contributed by atoms with Crippen LogP contribution in [0.3, 0.4) is 0 Å². The fraction of sp³-hybridized carbons (Fsp3) is 0.375. The summed E-state index contributed by atoms with van der Waals surface area (Å²) in [6.45, 7) is -0.148. The predicted molar refractivity (Wildman–Crippen MR) is 44.2 cm³/mol. The van der Waals surface area contributed by atoms with Gasteiger partial charge in [0.25, 0.3) is 6.43 Å². The normalized spacial score (nSPS) is 9.85.